The zero-order valence-corrected chi connectivity index (χ0v) is 22.1. The van der Waals surface area contributed by atoms with E-state index in [1.165, 1.54) is 6.07 Å². The number of aromatic nitrogens is 4. The van der Waals surface area contributed by atoms with Crippen LogP contribution in [0.15, 0.2) is 58.2 Å². The van der Waals surface area contributed by atoms with Gasteiger partial charge in [0.05, 0.1) is 29.2 Å². The summed E-state index contributed by atoms with van der Waals surface area (Å²) in [6, 6.07) is 11.9. The number of fused-ring (bicyclic) bond motifs is 1. The Morgan fingerprint density at radius 2 is 2.07 bits per heavy atom. The van der Waals surface area contributed by atoms with Gasteiger partial charge < -0.3 is 19.3 Å². The third-order valence-corrected chi connectivity index (χ3v) is 7.41. The second kappa shape index (κ2) is 10.7. The standard InChI is InChI=1S/C28H27F4N7O2/c1-38-10-8-22(19(29)14-38)35-21-6-4-7-23-18(21)12-24(39(23)15-28(30,31)32)26-36-25(41-37-26)13-34-27(40)17-11-16(17)20-5-2-3-9-33-20/h2-7,9,12,16-17,19H,8,10-11,13-15H2,1H3,(H,34,40)/t16-,17-,19+/m1/s1. The summed E-state index contributed by atoms with van der Waals surface area (Å²) in [4.78, 5) is 27.5. The Kier molecular flexibility index (Phi) is 7.06. The molecular formula is C28H27F4N7O2. The number of likely N-dealkylation sites (tertiary alicyclic amines) is 1. The molecule has 41 heavy (non-hydrogen) atoms. The van der Waals surface area contributed by atoms with E-state index in [-0.39, 0.29) is 53.8 Å². The second-order valence-electron chi connectivity index (χ2n) is 10.5. The minimum absolute atomic E-state index is 0.0486. The highest BCUT2D eigenvalue weighted by Crippen LogP contribution is 2.46. The number of carbonyl (C=O) groups is 1. The summed E-state index contributed by atoms with van der Waals surface area (Å²) in [5.74, 6) is -0.356. The molecule has 1 aliphatic carbocycles. The lowest BCUT2D eigenvalue weighted by Crippen LogP contribution is -2.39. The average Bonchev–Trinajstić information content (AvgIpc) is 3.47. The van der Waals surface area contributed by atoms with Gasteiger partial charge in [-0.15, -0.1) is 0 Å². The Hall–Kier alpha value is -4.13. The lowest BCUT2D eigenvalue weighted by atomic mass is 10.1. The van der Waals surface area contributed by atoms with Crippen molar-refractivity contribution < 1.29 is 26.9 Å². The molecule has 1 saturated carbocycles. The Balaban J connectivity index is 1.25. The van der Waals surface area contributed by atoms with E-state index in [1.54, 1.807) is 24.4 Å². The van der Waals surface area contributed by atoms with Crippen LogP contribution in [0.1, 0.15) is 30.3 Å². The van der Waals surface area contributed by atoms with Gasteiger partial charge in [-0.25, -0.2) is 4.39 Å². The van der Waals surface area contributed by atoms with E-state index < -0.39 is 18.9 Å². The van der Waals surface area contributed by atoms with Crippen molar-refractivity contribution in [1.29, 1.82) is 0 Å². The van der Waals surface area contributed by atoms with Crippen LogP contribution in [-0.4, -0.2) is 68.7 Å². The Bertz CT molecular complexity index is 1600. The van der Waals surface area contributed by atoms with Gasteiger partial charge >= 0.3 is 6.18 Å². The van der Waals surface area contributed by atoms with Crippen LogP contribution in [0.25, 0.3) is 22.4 Å². The maximum Gasteiger partial charge on any atom is 0.406 e. The largest absolute Gasteiger partial charge is 0.406 e. The van der Waals surface area contributed by atoms with E-state index in [0.717, 1.165) is 10.3 Å². The van der Waals surface area contributed by atoms with Crippen molar-refractivity contribution in [3.8, 4) is 11.5 Å². The maximum absolute atomic E-state index is 14.7. The minimum atomic E-state index is -4.53. The van der Waals surface area contributed by atoms with Crippen LogP contribution in [0.4, 0.5) is 23.2 Å². The summed E-state index contributed by atoms with van der Waals surface area (Å²) in [6.07, 6.45) is -3.00. The molecule has 6 rings (SSSR count). The predicted octanol–water partition coefficient (Wildman–Crippen LogP) is 4.81. The third kappa shape index (κ3) is 5.85. The molecule has 4 aromatic rings. The summed E-state index contributed by atoms with van der Waals surface area (Å²) >= 11 is 0. The molecule has 0 bridgehead atoms. The number of benzene rings is 1. The molecule has 1 aromatic carbocycles. The van der Waals surface area contributed by atoms with Crippen LogP contribution >= 0.6 is 0 Å². The molecule has 3 aromatic heterocycles. The molecule has 13 heteroatoms. The summed E-state index contributed by atoms with van der Waals surface area (Å²) in [5.41, 5.74) is 1.92. The maximum atomic E-state index is 14.7. The van der Waals surface area contributed by atoms with Crippen molar-refractivity contribution in [2.24, 2.45) is 10.9 Å². The fourth-order valence-electron chi connectivity index (χ4n) is 5.25. The van der Waals surface area contributed by atoms with E-state index in [1.807, 2.05) is 30.1 Å². The number of nitrogens with zero attached hydrogens (tertiary/aromatic N) is 6. The summed E-state index contributed by atoms with van der Waals surface area (Å²) in [7, 11) is 1.82. The van der Waals surface area contributed by atoms with Gasteiger partial charge in [-0.1, -0.05) is 17.3 Å². The first-order chi connectivity index (χ1) is 19.7. The van der Waals surface area contributed by atoms with Gasteiger partial charge in [-0.3, -0.25) is 14.8 Å². The van der Waals surface area contributed by atoms with Crippen molar-refractivity contribution in [3.63, 3.8) is 0 Å². The smallest absolute Gasteiger partial charge is 0.347 e. The molecule has 1 saturated heterocycles. The molecule has 214 valence electrons. The van der Waals surface area contributed by atoms with E-state index in [9.17, 15) is 22.4 Å². The van der Waals surface area contributed by atoms with Crippen molar-refractivity contribution in [2.75, 3.05) is 20.1 Å². The molecule has 1 amide bonds. The number of aliphatic imine (C=N–C) groups is 1. The zero-order valence-electron chi connectivity index (χ0n) is 22.1. The lowest BCUT2D eigenvalue weighted by Gasteiger charge is -2.26. The number of amides is 1. The van der Waals surface area contributed by atoms with Gasteiger partial charge in [0.2, 0.25) is 17.6 Å². The monoisotopic (exact) mass is 569 g/mol. The summed E-state index contributed by atoms with van der Waals surface area (Å²) in [5, 5.41) is 7.08. The molecular weight excluding hydrogens is 542 g/mol. The van der Waals surface area contributed by atoms with Gasteiger partial charge in [0.1, 0.15) is 6.54 Å². The van der Waals surface area contributed by atoms with E-state index in [0.29, 0.717) is 36.2 Å². The van der Waals surface area contributed by atoms with Crippen LogP contribution < -0.4 is 5.32 Å². The highest BCUT2D eigenvalue weighted by Gasteiger charge is 2.44. The minimum Gasteiger partial charge on any atom is -0.347 e. The number of pyridine rings is 1. The molecule has 3 atom stereocenters. The number of carbonyl (C=O) groups excluding carboxylic acids is 1. The quantitative estimate of drug-likeness (QED) is 0.321. The Labute approximate surface area is 232 Å². The number of rotatable bonds is 7. The van der Waals surface area contributed by atoms with Gasteiger partial charge in [-0.05, 0) is 43.8 Å². The Morgan fingerprint density at radius 1 is 1.22 bits per heavy atom. The number of nitrogens with one attached hydrogen (secondary N) is 1. The fraction of sp³-hybridized carbons (Fsp3) is 0.393. The van der Waals surface area contributed by atoms with E-state index >= 15 is 0 Å². The van der Waals surface area contributed by atoms with Crippen LogP contribution in [0.3, 0.4) is 0 Å². The van der Waals surface area contributed by atoms with Crippen LogP contribution in [0, 0.1) is 5.92 Å². The summed E-state index contributed by atoms with van der Waals surface area (Å²) < 4.78 is 61.9. The normalized spacial score (nSPS) is 22.4. The molecule has 9 nitrogen and oxygen atoms in total. The van der Waals surface area contributed by atoms with Crippen molar-refractivity contribution in [1.82, 2.24) is 29.9 Å². The molecule has 0 spiro atoms. The average molecular weight is 570 g/mol. The van der Waals surface area contributed by atoms with Crippen LogP contribution in [-0.2, 0) is 17.9 Å². The molecule has 1 aliphatic heterocycles. The number of hydrogen-bond acceptors (Lipinski definition) is 7. The van der Waals surface area contributed by atoms with Gasteiger partial charge in [0.25, 0.3) is 0 Å². The first-order valence-electron chi connectivity index (χ1n) is 13.3. The topological polar surface area (TPSA) is 101 Å². The molecule has 2 fully saturated rings. The van der Waals surface area contributed by atoms with E-state index in [2.05, 4.69) is 25.4 Å². The number of hydrogen-bond donors (Lipinski definition) is 1. The zero-order chi connectivity index (χ0) is 28.7. The highest BCUT2D eigenvalue weighted by atomic mass is 19.4. The predicted molar refractivity (Wildman–Crippen MR) is 142 cm³/mol. The molecule has 0 unspecified atom stereocenters. The Morgan fingerprint density at radius 3 is 2.83 bits per heavy atom. The molecule has 1 N–H and O–H groups in total. The molecule has 2 aliphatic rings. The van der Waals surface area contributed by atoms with Crippen molar-refractivity contribution in [2.45, 2.75) is 44.2 Å². The number of halogens is 4. The van der Waals surface area contributed by atoms with Crippen LogP contribution in [0.2, 0.25) is 0 Å². The SMILES string of the molecule is CN1CCC(=Nc2cccc3c2cc(-c2noc(CNC(=O)[C@@H]4C[C@H]4c4ccccn4)n2)n3CC(F)(F)F)[C@@H](F)C1. The van der Waals surface area contributed by atoms with Gasteiger partial charge in [-0.2, -0.15) is 18.2 Å². The number of piperidine rings is 1. The van der Waals surface area contributed by atoms with Gasteiger partial charge in [0, 0.05) is 48.6 Å². The second-order valence-corrected chi connectivity index (χ2v) is 10.5. The highest BCUT2D eigenvalue weighted by molar-refractivity contribution is 5.99. The van der Waals surface area contributed by atoms with Crippen LogP contribution in [0.5, 0.6) is 0 Å². The van der Waals surface area contributed by atoms with Gasteiger partial charge in [0.15, 0.2) is 6.17 Å². The van der Waals surface area contributed by atoms with E-state index in [4.69, 9.17) is 4.52 Å². The van der Waals surface area contributed by atoms with Crippen molar-refractivity contribution >= 4 is 28.2 Å². The fourth-order valence-corrected chi connectivity index (χ4v) is 5.25. The first kappa shape index (κ1) is 27.1. The lowest BCUT2D eigenvalue weighted by molar-refractivity contribution is -0.139. The molecule has 0 radical (unpaired) electrons. The molecule has 4 heterocycles. The third-order valence-electron chi connectivity index (χ3n) is 7.41. The van der Waals surface area contributed by atoms with Crippen molar-refractivity contribution in [3.05, 3.63) is 60.2 Å². The summed E-state index contributed by atoms with van der Waals surface area (Å²) in [6.45, 7) is -0.508. The first-order valence-corrected chi connectivity index (χ1v) is 13.3. The number of alkyl halides is 4.